The van der Waals surface area contributed by atoms with E-state index in [1.807, 2.05) is 140 Å². The summed E-state index contributed by atoms with van der Waals surface area (Å²) in [4.78, 5) is 0. The standard InChI is InChI=1S/C54H38N6/c55-35-45-51(57-47-31-15-12-27-41(47)37-19-4-1-5-20-37)46(36-56)53(59-50-34-18-30-44(50)40-25-10-11-26-40)54(60-49-33-17-14-29-43(49)39-23-8-3-9-24-39)52(45)58-48-32-16-13-28-42(48)38-21-6-2-7-22-38/h1-10,12-17,19-34,57-60H,11H2. The molecule has 0 saturated carbocycles. The molecule has 0 saturated heterocycles. The van der Waals surface area contributed by atoms with Gasteiger partial charge in [0.25, 0.3) is 0 Å². The van der Waals surface area contributed by atoms with E-state index in [-0.39, 0.29) is 11.1 Å². The molecular weight excluding hydrogens is 733 g/mol. The Morgan fingerprint density at radius 3 is 1.30 bits per heavy atom. The van der Waals surface area contributed by atoms with Gasteiger partial charge in [0.1, 0.15) is 23.3 Å². The molecule has 9 rings (SSSR count). The van der Waals surface area contributed by atoms with Crippen molar-refractivity contribution < 1.29 is 0 Å². The number of para-hydroxylation sites is 3. The highest BCUT2D eigenvalue weighted by Crippen LogP contribution is 2.49. The summed E-state index contributed by atoms with van der Waals surface area (Å²) in [5.74, 6) is 0. The van der Waals surface area contributed by atoms with Crippen LogP contribution < -0.4 is 21.3 Å². The van der Waals surface area contributed by atoms with Gasteiger partial charge in [-0.25, -0.2) is 0 Å². The molecular formula is C54H38N6. The van der Waals surface area contributed by atoms with Crippen LogP contribution in [0.25, 0.3) is 33.4 Å². The number of nitrogens with one attached hydrogen (secondary N) is 4. The van der Waals surface area contributed by atoms with Gasteiger partial charge in [-0.05, 0) is 53.0 Å². The third-order valence-corrected chi connectivity index (χ3v) is 10.6. The van der Waals surface area contributed by atoms with Crippen molar-refractivity contribution in [2.75, 3.05) is 21.3 Å². The highest BCUT2D eigenvalue weighted by molar-refractivity contribution is 6.04. The Balaban J connectivity index is 1.33. The van der Waals surface area contributed by atoms with Gasteiger partial charge in [-0.15, -0.1) is 5.73 Å². The lowest BCUT2D eigenvalue weighted by atomic mass is 9.96. The van der Waals surface area contributed by atoms with Gasteiger partial charge in [-0.1, -0.05) is 164 Å². The Morgan fingerprint density at radius 1 is 0.433 bits per heavy atom. The monoisotopic (exact) mass is 770 g/mol. The van der Waals surface area contributed by atoms with Crippen LogP contribution in [0.5, 0.6) is 0 Å². The molecule has 2 aliphatic carbocycles. The van der Waals surface area contributed by atoms with Crippen LogP contribution in [0.15, 0.2) is 217 Å². The van der Waals surface area contributed by atoms with Crippen LogP contribution in [-0.4, -0.2) is 0 Å². The molecule has 0 bridgehead atoms. The van der Waals surface area contributed by atoms with Crippen LogP contribution in [0.3, 0.4) is 0 Å². The first-order chi connectivity index (χ1) is 29.7. The smallest absolute Gasteiger partial charge is 0.104 e. The molecule has 0 spiro atoms. The van der Waals surface area contributed by atoms with Crippen molar-refractivity contribution in [3.05, 3.63) is 228 Å². The van der Waals surface area contributed by atoms with Crippen molar-refractivity contribution in [2.45, 2.75) is 6.42 Å². The van der Waals surface area contributed by atoms with Gasteiger partial charge in [0.2, 0.25) is 0 Å². The molecule has 0 aliphatic heterocycles. The zero-order valence-electron chi connectivity index (χ0n) is 32.6. The quantitative estimate of drug-likeness (QED) is 0.0924. The molecule has 0 heterocycles. The molecule has 6 nitrogen and oxygen atoms in total. The molecule has 7 aromatic carbocycles. The Labute approximate surface area is 350 Å². The Bertz CT molecular complexity index is 2990. The van der Waals surface area contributed by atoms with E-state index in [1.54, 1.807) is 0 Å². The summed E-state index contributed by atoms with van der Waals surface area (Å²) in [6.45, 7) is 0. The number of rotatable bonds is 12. The van der Waals surface area contributed by atoms with Gasteiger partial charge in [0.15, 0.2) is 0 Å². The predicted octanol–water partition coefficient (Wildman–Crippen LogP) is 13.9. The first kappa shape index (κ1) is 37.1. The summed E-state index contributed by atoms with van der Waals surface area (Å²) < 4.78 is 0. The SMILES string of the molecule is N#Cc1c(Nc2ccccc2-c2ccccc2)c(C#N)c(Nc2ccccc2-c2ccccc2)c(Nc2ccccc2-c2ccccc2)c1NC1=C(C2=CCC=C2)C=C=C1. The normalized spacial score (nSPS) is 12.5. The maximum atomic E-state index is 11.4. The minimum absolute atomic E-state index is 0.262. The second kappa shape index (κ2) is 16.9. The Morgan fingerprint density at radius 2 is 0.850 bits per heavy atom. The van der Waals surface area contributed by atoms with E-state index < -0.39 is 0 Å². The maximum absolute atomic E-state index is 11.4. The fourth-order valence-electron chi connectivity index (χ4n) is 7.76. The van der Waals surface area contributed by atoms with Gasteiger partial charge in [-0.2, -0.15) is 10.5 Å². The molecule has 284 valence electrons. The molecule has 0 amide bonds. The minimum Gasteiger partial charge on any atom is -0.353 e. The van der Waals surface area contributed by atoms with Crippen LogP contribution in [0.4, 0.5) is 39.8 Å². The zero-order chi connectivity index (χ0) is 40.7. The Hall–Kier alpha value is -8.54. The van der Waals surface area contributed by atoms with Crippen molar-refractivity contribution >= 4 is 39.8 Å². The van der Waals surface area contributed by atoms with E-state index in [4.69, 9.17) is 0 Å². The summed E-state index contributed by atoms with van der Waals surface area (Å²) in [6.07, 6.45) is 11.1. The average molecular weight is 771 g/mol. The third kappa shape index (κ3) is 7.38. The number of benzene rings is 7. The minimum atomic E-state index is 0.262. The highest BCUT2D eigenvalue weighted by Gasteiger charge is 2.28. The predicted molar refractivity (Wildman–Crippen MR) is 246 cm³/mol. The van der Waals surface area contributed by atoms with Gasteiger partial charge in [-0.3, -0.25) is 0 Å². The molecule has 6 heteroatoms. The summed E-state index contributed by atoms with van der Waals surface area (Å²) in [6, 6.07) is 59.6. The molecule has 0 aromatic heterocycles. The van der Waals surface area contributed by atoms with E-state index in [0.717, 1.165) is 73.7 Å². The molecule has 2 aliphatic rings. The average Bonchev–Trinajstić information content (AvgIpc) is 4.02. The fourth-order valence-corrected chi connectivity index (χ4v) is 7.76. The molecule has 60 heavy (non-hydrogen) atoms. The summed E-state index contributed by atoms with van der Waals surface area (Å²) in [5.41, 5.74) is 16.7. The van der Waals surface area contributed by atoms with Crippen LogP contribution in [0.2, 0.25) is 0 Å². The molecule has 7 aromatic rings. The molecule has 4 N–H and O–H groups in total. The van der Waals surface area contributed by atoms with E-state index in [1.165, 1.54) is 0 Å². The number of anilines is 7. The van der Waals surface area contributed by atoms with Crippen molar-refractivity contribution in [3.8, 4) is 45.5 Å². The lowest BCUT2D eigenvalue weighted by Gasteiger charge is -2.26. The third-order valence-electron chi connectivity index (χ3n) is 10.6. The van der Waals surface area contributed by atoms with E-state index in [2.05, 4.69) is 93.8 Å². The summed E-state index contributed by atoms with van der Waals surface area (Å²) in [5, 5.41) is 37.6. The van der Waals surface area contributed by atoms with Crippen LogP contribution >= 0.6 is 0 Å². The molecule has 0 unspecified atom stereocenters. The molecule has 0 radical (unpaired) electrons. The van der Waals surface area contributed by atoms with Crippen LogP contribution in [0, 0.1) is 22.7 Å². The number of hydrogen-bond donors (Lipinski definition) is 4. The van der Waals surface area contributed by atoms with E-state index in [0.29, 0.717) is 22.7 Å². The van der Waals surface area contributed by atoms with Crippen molar-refractivity contribution in [1.29, 1.82) is 10.5 Å². The second-order valence-corrected chi connectivity index (χ2v) is 14.3. The molecule has 0 atom stereocenters. The van der Waals surface area contributed by atoms with Gasteiger partial charge >= 0.3 is 0 Å². The van der Waals surface area contributed by atoms with Gasteiger partial charge < -0.3 is 21.3 Å². The van der Waals surface area contributed by atoms with Crippen molar-refractivity contribution in [2.24, 2.45) is 0 Å². The topological polar surface area (TPSA) is 95.7 Å². The fraction of sp³-hybridized carbons (Fsp3) is 0.0185. The highest BCUT2D eigenvalue weighted by atomic mass is 15.0. The summed E-state index contributed by atoms with van der Waals surface area (Å²) >= 11 is 0. The van der Waals surface area contributed by atoms with Crippen LogP contribution in [0.1, 0.15) is 17.5 Å². The van der Waals surface area contributed by atoms with Gasteiger partial charge in [0.05, 0.1) is 28.4 Å². The lowest BCUT2D eigenvalue weighted by Crippen LogP contribution is -2.12. The van der Waals surface area contributed by atoms with E-state index in [9.17, 15) is 10.5 Å². The zero-order valence-corrected chi connectivity index (χ0v) is 32.6. The van der Waals surface area contributed by atoms with Crippen molar-refractivity contribution in [1.82, 2.24) is 0 Å². The van der Waals surface area contributed by atoms with E-state index >= 15 is 0 Å². The Kier molecular flexibility index (Phi) is 10.4. The number of hydrogen-bond acceptors (Lipinski definition) is 6. The van der Waals surface area contributed by atoms with Gasteiger partial charge in [0, 0.05) is 45.4 Å². The maximum Gasteiger partial charge on any atom is 0.104 e. The second-order valence-electron chi connectivity index (χ2n) is 14.3. The van der Waals surface area contributed by atoms with Crippen molar-refractivity contribution in [3.63, 3.8) is 0 Å². The number of nitriles is 2. The largest absolute Gasteiger partial charge is 0.353 e. The number of allylic oxidation sites excluding steroid dienone is 6. The molecule has 0 fully saturated rings. The number of nitrogens with zero attached hydrogens (tertiary/aromatic N) is 2. The lowest BCUT2D eigenvalue weighted by molar-refractivity contribution is 1.36. The van der Waals surface area contributed by atoms with Crippen LogP contribution in [-0.2, 0) is 0 Å². The summed E-state index contributed by atoms with van der Waals surface area (Å²) in [7, 11) is 0. The first-order valence-electron chi connectivity index (χ1n) is 19.8. The first-order valence-corrected chi connectivity index (χ1v) is 19.8.